The molecule has 2 aromatic rings. The highest BCUT2D eigenvalue weighted by Crippen LogP contribution is 2.07. The summed E-state index contributed by atoms with van der Waals surface area (Å²) in [4.78, 5) is 11.6. The van der Waals surface area contributed by atoms with Gasteiger partial charge in [-0.1, -0.05) is 12.1 Å². The molecular formula is C13H17N3O2. The fourth-order valence-electron chi connectivity index (χ4n) is 1.82. The molecule has 0 radical (unpaired) electrons. The summed E-state index contributed by atoms with van der Waals surface area (Å²) in [6, 6.07) is 7.52. The maximum Gasteiger partial charge on any atom is 0.207 e. The van der Waals surface area contributed by atoms with Gasteiger partial charge < -0.3 is 10.1 Å². The Balaban J connectivity index is 2.09. The predicted molar refractivity (Wildman–Crippen MR) is 70.7 cm³/mol. The number of aromatic nitrogens is 2. The van der Waals surface area contributed by atoms with Gasteiger partial charge in [0, 0.05) is 25.6 Å². The van der Waals surface area contributed by atoms with Gasteiger partial charge in [-0.3, -0.25) is 9.48 Å². The van der Waals surface area contributed by atoms with Crippen LogP contribution in [-0.4, -0.2) is 36.6 Å². The van der Waals surface area contributed by atoms with E-state index in [-0.39, 0.29) is 5.43 Å². The molecule has 0 aliphatic rings. The predicted octanol–water partition coefficient (Wildman–Crippen LogP) is 0.632. The third-order valence-corrected chi connectivity index (χ3v) is 2.75. The van der Waals surface area contributed by atoms with Crippen molar-refractivity contribution in [3.63, 3.8) is 0 Å². The molecule has 0 saturated heterocycles. The Kier molecular flexibility index (Phi) is 4.44. The molecule has 0 amide bonds. The maximum absolute atomic E-state index is 11.6. The molecule has 18 heavy (non-hydrogen) atoms. The van der Waals surface area contributed by atoms with Crippen LogP contribution in [0.3, 0.4) is 0 Å². The van der Waals surface area contributed by atoms with Crippen molar-refractivity contribution in [1.29, 1.82) is 0 Å². The molecule has 0 bridgehead atoms. The van der Waals surface area contributed by atoms with E-state index in [0.717, 1.165) is 25.2 Å². The van der Waals surface area contributed by atoms with Gasteiger partial charge in [0.15, 0.2) is 0 Å². The van der Waals surface area contributed by atoms with E-state index >= 15 is 0 Å². The smallest absolute Gasteiger partial charge is 0.207 e. The molecule has 0 spiro atoms. The number of hydrogen-bond acceptors (Lipinski definition) is 4. The van der Waals surface area contributed by atoms with Gasteiger partial charge >= 0.3 is 0 Å². The molecule has 96 valence electrons. The lowest BCUT2D eigenvalue weighted by Gasteiger charge is -2.09. The molecule has 0 saturated carbocycles. The number of rotatable bonds is 6. The van der Waals surface area contributed by atoms with Crippen molar-refractivity contribution in [1.82, 2.24) is 15.1 Å². The van der Waals surface area contributed by atoms with Crippen molar-refractivity contribution in [2.24, 2.45) is 0 Å². The fraction of sp³-hybridized carbons (Fsp3) is 0.385. The molecule has 0 fully saturated rings. The first kappa shape index (κ1) is 12.7. The van der Waals surface area contributed by atoms with E-state index in [2.05, 4.69) is 10.4 Å². The summed E-state index contributed by atoms with van der Waals surface area (Å²) in [7, 11) is 1.68. The molecule has 0 atom stereocenters. The van der Waals surface area contributed by atoms with Crippen LogP contribution in [0.25, 0.3) is 10.9 Å². The summed E-state index contributed by atoms with van der Waals surface area (Å²) >= 11 is 0. The van der Waals surface area contributed by atoms with Gasteiger partial charge in [0.05, 0.1) is 24.9 Å². The molecular weight excluding hydrogens is 230 g/mol. The summed E-state index contributed by atoms with van der Waals surface area (Å²) in [5.41, 5.74) is 0.840. The SMILES string of the molecule is COCCNCCn1ncc(=O)c2ccccc21. The van der Waals surface area contributed by atoms with Crippen LogP contribution in [0.15, 0.2) is 35.3 Å². The highest BCUT2D eigenvalue weighted by atomic mass is 16.5. The van der Waals surface area contributed by atoms with E-state index in [0.29, 0.717) is 12.0 Å². The highest BCUT2D eigenvalue weighted by molar-refractivity contribution is 5.77. The van der Waals surface area contributed by atoms with Crippen LogP contribution < -0.4 is 10.7 Å². The minimum atomic E-state index is -0.0332. The minimum Gasteiger partial charge on any atom is -0.383 e. The van der Waals surface area contributed by atoms with Crippen LogP contribution in [-0.2, 0) is 11.3 Å². The molecule has 1 aromatic carbocycles. The zero-order valence-electron chi connectivity index (χ0n) is 10.4. The number of hydrogen-bond donors (Lipinski definition) is 1. The Labute approximate surface area is 105 Å². The van der Waals surface area contributed by atoms with Crippen LogP contribution in [0.1, 0.15) is 0 Å². The summed E-state index contributed by atoms with van der Waals surface area (Å²) in [5, 5.41) is 8.12. The summed E-state index contributed by atoms with van der Waals surface area (Å²) < 4.78 is 6.80. The molecule has 5 nitrogen and oxygen atoms in total. The summed E-state index contributed by atoms with van der Waals surface area (Å²) in [6.45, 7) is 3.03. The van der Waals surface area contributed by atoms with Crippen molar-refractivity contribution in [3.8, 4) is 0 Å². The van der Waals surface area contributed by atoms with Gasteiger partial charge in [0.25, 0.3) is 0 Å². The zero-order chi connectivity index (χ0) is 12.8. The molecule has 1 aromatic heterocycles. The first-order valence-electron chi connectivity index (χ1n) is 5.97. The van der Waals surface area contributed by atoms with E-state index in [9.17, 15) is 4.79 Å². The number of nitrogens with zero attached hydrogens (tertiary/aromatic N) is 2. The quantitative estimate of drug-likeness (QED) is 0.761. The Bertz CT molecular complexity index is 565. The Hall–Kier alpha value is -1.72. The van der Waals surface area contributed by atoms with Gasteiger partial charge in [-0.05, 0) is 12.1 Å². The summed E-state index contributed by atoms with van der Waals surface area (Å²) in [5.74, 6) is 0. The summed E-state index contributed by atoms with van der Waals surface area (Å²) in [6.07, 6.45) is 1.37. The Morgan fingerprint density at radius 2 is 2.17 bits per heavy atom. The third-order valence-electron chi connectivity index (χ3n) is 2.75. The second-order valence-corrected chi connectivity index (χ2v) is 3.99. The average molecular weight is 247 g/mol. The number of methoxy groups -OCH3 is 1. The monoisotopic (exact) mass is 247 g/mol. The minimum absolute atomic E-state index is 0.0332. The first-order valence-corrected chi connectivity index (χ1v) is 5.97. The molecule has 2 rings (SSSR count). The van der Waals surface area contributed by atoms with Crippen LogP contribution in [0.2, 0.25) is 0 Å². The highest BCUT2D eigenvalue weighted by Gasteiger charge is 2.02. The van der Waals surface area contributed by atoms with Gasteiger partial charge in [-0.2, -0.15) is 5.10 Å². The lowest BCUT2D eigenvalue weighted by atomic mass is 10.2. The molecule has 1 heterocycles. The number of nitrogens with one attached hydrogen (secondary N) is 1. The number of ether oxygens (including phenoxy) is 1. The zero-order valence-corrected chi connectivity index (χ0v) is 10.4. The fourth-order valence-corrected chi connectivity index (χ4v) is 1.82. The van der Waals surface area contributed by atoms with E-state index in [1.54, 1.807) is 7.11 Å². The van der Waals surface area contributed by atoms with Gasteiger partial charge in [-0.15, -0.1) is 0 Å². The van der Waals surface area contributed by atoms with Crippen molar-refractivity contribution in [2.75, 3.05) is 26.8 Å². The standard InChI is InChI=1S/C13H17N3O2/c1-18-9-7-14-6-8-16-12-5-3-2-4-11(12)13(17)10-15-16/h2-5,10,14H,6-9H2,1H3. The van der Waals surface area contributed by atoms with Crippen molar-refractivity contribution in [3.05, 3.63) is 40.7 Å². The van der Waals surface area contributed by atoms with E-state index < -0.39 is 0 Å². The topological polar surface area (TPSA) is 56.1 Å². The normalized spacial score (nSPS) is 10.9. The lowest BCUT2D eigenvalue weighted by Crippen LogP contribution is -2.25. The van der Waals surface area contributed by atoms with E-state index in [1.165, 1.54) is 6.20 Å². The molecule has 0 aliphatic heterocycles. The van der Waals surface area contributed by atoms with Crippen molar-refractivity contribution >= 4 is 10.9 Å². The number of para-hydroxylation sites is 1. The van der Waals surface area contributed by atoms with E-state index in [4.69, 9.17) is 4.74 Å². The molecule has 5 heteroatoms. The second kappa shape index (κ2) is 6.28. The van der Waals surface area contributed by atoms with Crippen LogP contribution in [0, 0.1) is 0 Å². The number of benzene rings is 1. The van der Waals surface area contributed by atoms with Gasteiger partial charge in [-0.25, -0.2) is 0 Å². The molecule has 0 unspecified atom stereocenters. The first-order chi connectivity index (χ1) is 8.83. The second-order valence-electron chi connectivity index (χ2n) is 3.99. The molecule has 0 aliphatic carbocycles. The van der Waals surface area contributed by atoms with Crippen molar-refractivity contribution in [2.45, 2.75) is 6.54 Å². The maximum atomic E-state index is 11.6. The number of fused-ring (bicyclic) bond motifs is 1. The van der Waals surface area contributed by atoms with Crippen LogP contribution in [0.4, 0.5) is 0 Å². The van der Waals surface area contributed by atoms with Crippen LogP contribution in [0.5, 0.6) is 0 Å². The van der Waals surface area contributed by atoms with Gasteiger partial charge in [0.2, 0.25) is 5.43 Å². The largest absolute Gasteiger partial charge is 0.383 e. The van der Waals surface area contributed by atoms with Crippen molar-refractivity contribution < 1.29 is 4.74 Å². The molecule has 1 N–H and O–H groups in total. The Morgan fingerprint density at radius 3 is 3.00 bits per heavy atom. The third kappa shape index (κ3) is 2.94. The van der Waals surface area contributed by atoms with E-state index in [1.807, 2.05) is 28.9 Å². The average Bonchev–Trinajstić information content (AvgIpc) is 2.41. The lowest BCUT2D eigenvalue weighted by molar-refractivity contribution is 0.199. The van der Waals surface area contributed by atoms with Gasteiger partial charge in [0.1, 0.15) is 0 Å². The van der Waals surface area contributed by atoms with Crippen LogP contribution >= 0.6 is 0 Å². The Morgan fingerprint density at radius 1 is 1.33 bits per heavy atom.